The number of aryl methyl sites for hydroxylation is 2. The minimum Gasteiger partial charge on any atom is -0.390 e. The molecule has 2 unspecified atom stereocenters. The van der Waals surface area contributed by atoms with Gasteiger partial charge in [0, 0.05) is 17.7 Å². The molecule has 0 aliphatic heterocycles. The van der Waals surface area contributed by atoms with Crippen molar-refractivity contribution in [2.24, 2.45) is 0 Å². The summed E-state index contributed by atoms with van der Waals surface area (Å²) in [4.78, 5) is 12.3. The molecule has 5 nitrogen and oxygen atoms in total. The zero-order valence-electron chi connectivity index (χ0n) is 12.2. The first-order valence-corrected chi connectivity index (χ1v) is 7.12. The Morgan fingerprint density at radius 2 is 2.19 bits per heavy atom. The zero-order chi connectivity index (χ0) is 15.0. The topological polar surface area (TPSA) is 78.0 Å². The number of aliphatic hydroxyl groups is 1. The largest absolute Gasteiger partial charge is 0.390 e. The summed E-state index contributed by atoms with van der Waals surface area (Å²) in [5.41, 5.74) is 4.79. The standard InChI is InChI=1S/C16H19N3O2/c1-9-13(10(2)19-18-9)8-15(21)17-16-12-6-4-3-5-11(12)7-14(16)20/h3-6,14,16,20H,7-8H2,1-2H3,(H,17,21)(H,18,19). The average molecular weight is 285 g/mol. The van der Waals surface area contributed by atoms with E-state index in [1.807, 2.05) is 38.1 Å². The SMILES string of the molecule is Cc1n[nH]c(C)c1CC(=O)NC1c2ccccc2CC1O. The van der Waals surface area contributed by atoms with E-state index in [-0.39, 0.29) is 18.4 Å². The summed E-state index contributed by atoms with van der Waals surface area (Å²) < 4.78 is 0. The first kappa shape index (κ1) is 13.8. The van der Waals surface area contributed by atoms with Gasteiger partial charge in [0.15, 0.2) is 0 Å². The van der Waals surface area contributed by atoms with Crippen molar-refractivity contribution in [2.45, 2.75) is 38.8 Å². The second kappa shape index (κ2) is 5.33. The molecule has 1 aromatic heterocycles. The van der Waals surface area contributed by atoms with Crippen LogP contribution in [0.4, 0.5) is 0 Å². The Morgan fingerprint density at radius 1 is 1.43 bits per heavy atom. The van der Waals surface area contributed by atoms with Crippen molar-refractivity contribution in [1.82, 2.24) is 15.5 Å². The number of nitrogens with one attached hydrogen (secondary N) is 2. The van der Waals surface area contributed by atoms with Crippen molar-refractivity contribution in [3.63, 3.8) is 0 Å². The molecule has 2 atom stereocenters. The van der Waals surface area contributed by atoms with Gasteiger partial charge in [-0.1, -0.05) is 24.3 Å². The maximum absolute atomic E-state index is 12.3. The summed E-state index contributed by atoms with van der Waals surface area (Å²) in [6.45, 7) is 3.79. The molecule has 1 aliphatic rings. The van der Waals surface area contributed by atoms with Crippen LogP contribution in [-0.2, 0) is 17.6 Å². The van der Waals surface area contributed by atoms with Gasteiger partial charge in [0.05, 0.1) is 24.3 Å². The first-order valence-electron chi connectivity index (χ1n) is 7.12. The highest BCUT2D eigenvalue weighted by Gasteiger charge is 2.31. The third-order valence-corrected chi connectivity index (χ3v) is 4.14. The van der Waals surface area contributed by atoms with Crippen LogP contribution < -0.4 is 5.32 Å². The van der Waals surface area contributed by atoms with Crippen molar-refractivity contribution in [3.8, 4) is 0 Å². The molecule has 1 heterocycles. The van der Waals surface area contributed by atoms with E-state index in [1.165, 1.54) is 0 Å². The summed E-state index contributed by atoms with van der Waals surface area (Å²) in [7, 11) is 0. The van der Waals surface area contributed by atoms with Crippen LogP contribution >= 0.6 is 0 Å². The number of fused-ring (bicyclic) bond motifs is 1. The van der Waals surface area contributed by atoms with Crippen molar-refractivity contribution in [2.75, 3.05) is 0 Å². The molecule has 1 amide bonds. The molecule has 1 aromatic carbocycles. The monoisotopic (exact) mass is 285 g/mol. The summed E-state index contributed by atoms with van der Waals surface area (Å²) in [6, 6.07) is 7.52. The lowest BCUT2D eigenvalue weighted by Gasteiger charge is -2.18. The molecule has 2 aromatic rings. The number of rotatable bonds is 3. The van der Waals surface area contributed by atoms with Gasteiger partial charge >= 0.3 is 0 Å². The van der Waals surface area contributed by atoms with E-state index in [0.717, 1.165) is 28.1 Å². The van der Waals surface area contributed by atoms with Gasteiger partial charge in [0.1, 0.15) is 0 Å². The lowest BCUT2D eigenvalue weighted by molar-refractivity contribution is -0.122. The molecule has 5 heteroatoms. The van der Waals surface area contributed by atoms with Crippen LogP contribution in [0.3, 0.4) is 0 Å². The number of nitrogens with zero attached hydrogens (tertiary/aromatic N) is 1. The summed E-state index contributed by atoms with van der Waals surface area (Å²) in [6.07, 6.45) is 0.308. The minimum atomic E-state index is -0.558. The molecule has 0 saturated heterocycles. The third kappa shape index (κ3) is 2.56. The molecule has 0 bridgehead atoms. The van der Waals surface area contributed by atoms with Crippen molar-refractivity contribution < 1.29 is 9.90 Å². The molecule has 3 rings (SSSR count). The Labute approximate surface area is 123 Å². The molecule has 0 saturated carbocycles. The lowest BCUT2D eigenvalue weighted by Crippen LogP contribution is -2.35. The van der Waals surface area contributed by atoms with Crippen molar-refractivity contribution >= 4 is 5.91 Å². The number of carbonyl (C=O) groups is 1. The van der Waals surface area contributed by atoms with E-state index in [0.29, 0.717) is 6.42 Å². The van der Waals surface area contributed by atoms with E-state index in [1.54, 1.807) is 0 Å². The maximum atomic E-state index is 12.3. The zero-order valence-corrected chi connectivity index (χ0v) is 12.2. The molecule has 3 N–H and O–H groups in total. The van der Waals surface area contributed by atoms with E-state index >= 15 is 0 Å². The van der Waals surface area contributed by atoms with Crippen LogP contribution in [0.2, 0.25) is 0 Å². The number of aromatic amines is 1. The van der Waals surface area contributed by atoms with Gasteiger partial charge in [-0.25, -0.2) is 0 Å². The van der Waals surface area contributed by atoms with E-state index in [2.05, 4.69) is 15.5 Å². The number of aliphatic hydroxyl groups excluding tert-OH is 1. The molecule has 21 heavy (non-hydrogen) atoms. The Balaban J connectivity index is 1.74. The maximum Gasteiger partial charge on any atom is 0.225 e. The molecule has 1 aliphatic carbocycles. The fourth-order valence-electron chi connectivity index (χ4n) is 2.97. The highest BCUT2D eigenvalue weighted by Crippen LogP contribution is 2.31. The normalized spacial score (nSPS) is 20.3. The summed E-state index contributed by atoms with van der Waals surface area (Å²) in [5.74, 6) is -0.0941. The van der Waals surface area contributed by atoms with Crippen LogP contribution in [-0.4, -0.2) is 27.3 Å². The summed E-state index contributed by atoms with van der Waals surface area (Å²) in [5, 5.41) is 20.1. The van der Waals surface area contributed by atoms with E-state index < -0.39 is 6.10 Å². The fourth-order valence-corrected chi connectivity index (χ4v) is 2.97. The molecular weight excluding hydrogens is 266 g/mol. The van der Waals surface area contributed by atoms with Crippen molar-refractivity contribution in [1.29, 1.82) is 0 Å². The highest BCUT2D eigenvalue weighted by atomic mass is 16.3. The number of aromatic nitrogens is 2. The number of carbonyl (C=O) groups excluding carboxylic acids is 1. The van der Waals surface area contributed by atoms with Crippen LogP contribution in [0.1, 0.15) is 34.1 Å². The van der Waals surface area contributed by atoms with Crippen molar-refractivity contribution in [3.05, 3.63) is 52.3 Å². The van der Waals surface area contributed by atoms with Gasteiger partial charge in [-0.05, 0) is 25.0 Å². The average Bonchev–Trinajstić information content (AvgIpc) is 2.93. The summed E-state index contributed by atoms with van der Waals surface area (Å²) >= 11 is 0. The molecule has 0 radical (unpaired) electrons. The molecule has 0 fully saturated rings. The number of H-pyrrole nitrogens is 1. The van der Waals surface area contributed by atoms with Gasteiger partial charge in [-0.15, -0.1) is 0 Å². The molecule has 110 valence electrons. The predicted octanol–water partition coefficient (Wildman–Crippen LogP) is 1.34. The number of hydrogen-bond acceptors (Lipinski definition) is 3. The second-order valence-corrected chi connectivity index (χ2v) is 5.60. The van der Waals surface area contributed by atoms with Crippen LogP contribution in [0.25, 0.3) is 0 Å². The highest BCUT2D eigenvalue weighted by molar-refractivity contribution is 5.79. The van der Waals surface area contributed by atoms with Gasteiger partial charge in [-0.3, -0.25) is 9.89 Å². The van der Waals surface area contributed by atoms with Gasteiger partial charge < -0.3 is 10.4 Å². The van der Waals surface area contributed by atoms with Gasteiger partial charge in [-0.2, -0.15) is 5.10 Å². The lowest BCUT2D eigenvalue weighted by atomic mass is 10.1. The Hall–Kier alpha value is -2.14. The Morgan fingerprint density at radius 3 is 2.90 bits per heavy atom. The second-order valence-electron chi connectivity index (χ2n) is 5.60. The molecular formula is C16H19N3O2. The van der Waals surface area contributed by atoms with Crippen LogP contribution in [0, 0.1) is 13.8 Å². The number of hydrogen-bond donors (Lipinski definition) is 3. The quantitative estimate of drug-likeness (QED) is 0.796. The fraction of sp³-hybridized carbons (Fsp3) is 0.375. The number of amides is 1. The van der Waals surface area contributed by atoms with Crippen LogP contribution in [0.5, 0.6) is 0 Å². The molecule has 0 spiro atoms. The smallest absolute Gasteiger partial charge is 0.225 e. The third-order valence-electron chi connectivity index (χ3n) is 4.14. The van der Waals surface area contributed by atoms with Gasteiger partial charge in [0.2, 0.25) is 5.91 Å². The Bertz CT molecular complexity index is 658. The van der Waals surface area contributed by atoms with Gasteiger partial charge in [0.25, 0.3) is 0 Å². The first-order chi connectivity index (χ1) is 10.1. The number of benzene rings is 1. The van der Waals surface area contributed by atoms with Crippen LogP contribution in [0.15, 0.2) is 24.3 Å². The predicted molar refractivity (Wildman–Crippen MR) is 78.8 cm³/mol. The Kier molecular flexibility index (Phi) is 3.51. The minimum absolute atomic E-state index is 0.0941. The van der Waals surface area contributed by atoms with E-state index in [4.69, 9.17) is 0 Å². The van der Waals surface area contributed by atoms with E-state index in [9.17, 15) is 9.90 Å².